The van der Waals surface area contributed by atoms with Crippen molar-refractivity contribution in [2.24, 2.45) is 0 Å². The second-order valence-electron chi connectivity index (χ2n) is 23.5. The summed E-state index contributed by atoms with van der Waals surface area (Å²) in [4.78, 5) is 40.5. The minimum Gasteiger partial charge on any atom is -0.456 e. The van der Waals surface area contributed by atoms with Crippen LogP contribution in [0, 0.1) is 0 Å². The summed E-state index contributed by atoms with van der Waals surface area (Å²) < 4.78 is 208. The van der Waals surface area contributed by atoms with Crippen LogP contribution in [0.5, 0.6) is 0 Å². The molecule has 3 aliphatic rings. The van der Waals surface area contributed by atoms with Crippen LogP contribution >= 0.6 is 11.8 Å². The van der Waals surface area contributed by atoms with Crippen LogP contribution in [0.4, 0.5) is 57.1 Å². The summed E-state index contributed by atoms with van der Waals surface area (Å²) in [6.45, 7) is 8.65. The van der Waals surface area contributed by atoms with Gasteiger partial charge in [0.1, 0.15) is 42.7 Å². The molecule has 5 atom stereocenters. The number of aromatic amines is 1. The average Bonchev–Trinajstić information content (AvgIpc) is 0.833. The lowest BCUT2D eigenvalue weighted by atomic mass is 9.88. The smallest absolute Gasteiger partial charge is 0.456 e. The molecule has 2 aliphatic heterocycles. The van der Waals surface area contributed by atoms with Crippen LogP contribution in [0.15, 0.2) is 86.9 Å². The van der Waals surface area contributed by atoms with E-state index in [-0.39, 0.29) is 23.7 Å². The Labute approximate surface area is 530 Å². The van der Waals surface area contributed by atoms with E-state index in [9.17, 15) is 81.7 Å². The van der Waals surface area contributed by atoms with E-state index in [1.807, 2.05) is 50.2 Å². The summed E-state index contributed by atoms with van der Waals surface area (Å²) in [6.07, 6.45) is 0.533. The predicted molar refractivity (Wildman–Crippen MR) is 326 cm³/mol. The minimum atomic E-state index is -7.99. The largest absolute Gasteiger partial charge is 0.460 e. The Kier molecular flexibility index (Phi) is 27.9. The van der Waals surface area contributed by atoms with E-state index in [1.54, 1.807) is 24.3 Å². The van der Waals surface area contributed by atoms with E-state index in [1.165, 1.54) is 6.20 Å². The van der Waals surface area contributed by atoms with Crippen molar-refractivity contribution in [1.29, 1.82) is 0 Å². The average molecular weight is 1340 g/mol. The predicted octanol–water partition coefficient (Wildman–Crippen LogP) is 16.1. The molecule has 0 spiro atoms. The second kappa shape index (κ2) is 33.9. The number of thioether (sulfide) groups is 1. The molecule has 0 amide bonds. The van der Waals surface area contributed by atoms with Gasteiger partial charge < -0.3 is 28.8 Å². The molecule has 514 valence electrons. The third kappa shape index (κ3) is 18.0. The van der Waals surface area contributed by atoms with E-state index >= 15 is 0 Å². The summed E-state index contributed by atoms with van der Waals surface area (Å²) >= 11 is 0.810. The Morgan fingerprint density at radius 1 is 0.685 bits per heavy atom. The van der Waals surface area contributed by atoms with Gasteiger partial charge in [0.05, 0.1) is 18.8 Å². The van der Waals surface area contributed by atoms with Crippen molar-refractivity contribution in [3.05, 3.63) is 110 Å². The lowest BCUT2D eigenvalue weighted by Gasteiger charge is -2.39. The maximum absolute atomic E-state index is 14.8. The van der Waals surface area contributed by atoms with Crippen molar-refractivity contribution in [2.75, 3.05) is 38.7 Å². The van der Waals surface area contributed by atoms with Crippen LogP contribution in [0.3, 0.4) is 0 Å². The number of alkyl halides is 13. The van der Waals surface area contributed by atoms with Gasteiger partial charge in [-0.3, -0.25) is 19.1 Å². The molecule has 6 rings (SSSR count). The summed E-state index contributed by atoms with van der Waals surface area (Å²) in [5.74, 6) is -36.6. The highest BCUT2D eigenvalue weighted by molar-refractivity contribution is 8.14. The zero-order valence-electron chi connectivity index (χ0n) is 52.2. The molecular formula is C66H85F13N3O9S+. The molecule has 3 aromatic rings. The fourth-order valence-electron chi connectivity index (χ4n) is 11.7. The van der Waals surface area contributed by atoms with Gasteiger partial charge in [-0.25, -0.2) is 9.37 Å². The van der Waals surface area contributed by atoms with Crippen LogP contribution < -0.4 is 21.2 Å². The highest BCUT2D eigenvalue weighted by Crippen LogP contribution is 2.61. The van der Waals surface area contributed by atoms with Gasteiger partial charge >= 0.3 is 41.5 Å². The molecule has 1 aliphatic carbocycles. The Bertz CT molecular complexity index is 3290. The summed E-state index contributed by atoms with van der Waals surface area (Å²) in [7, 11) is 0. The molecule has 3 heterocycles. The highest BCUT2D eigenvalue weighted by Gasteiger charge is 2.90. The molecule has 1 fully saturated rings. The van der Waals surface area contributed by atoms with Crippen molar-refractivity contribution < 1.29 is 90.7 Å². The zero-order valence-corrected chi connectivity index (χ0v) is 53.1. The lowest BCUT2D eigenvalue weighted by molar-refractivity contribution is -0.440. The topological polar surface area (TPSA) is 156 Å². The number of rotatable bonds is 39. The maximum Gasteiger partial charge on any atom is 0.460 e. The number of carbonyl (C=O) groups is 1. The third-order valence-electron chi connectivity index (χ3n) is 17.2. The molecule has 0 radical (unpaired) electrons. The zero-order chi connectivity index (χ0) is 67.7. The number of halogens is 13. The van der Waals surface area contributed by atoms with Crippen LogP contribution in [0.25, 0.3) is 33.4 Å². The molecule has 1 aromatic heterocycles. The first kappa shape index (κ1) is 75.7. The van der Waals surface area contributed by atoms with Crippen LogP contribution in [0.2, 0.25) is 0 Å². The number of aliphatic hydroxyl groups excluding tert-OH is 2. The number of unbranched alkanes of at least 4 members (excludes halogenated alkanes) is 14. The van der Waals surface area contributed by atoms with E-state index in [0.717, 1.165) is 147 Å². The molecule has 0 bridgehead atoms. The number of fused-ring (bicyclic) bond motifs is 2. The number of nitrogens with one attached hydrogen (secondary N) is 1. The lowest BCUT2D eigenvalue weighted by Crippen LogP contribution is -2.70. The van der Waals surface area contributed by atoms with Gasteiger partial charge in [-0.05, 0) is 81.2 Å². The van der Waals surface area contributed by atoms with Gasteiger partial charge in [-0.1, -0.05) is 146 Å². The van der Waals surface area contributed by atoms with Gasteiger partial charge in [-0.2, -0.15) is 57.1 Å². The number of hydrogen-bond donors (Lipinski definition) is 3. The first-order valence-electron chi connectivity index (χ1n) is 31.8. The SMILES string of the molecule is CCC(CC)c1ccc2c(-c3ccccc3C(=O)SCC(CCCCCCCCCCCCCCCCCOC3C(O)C(CO)OC3n3ccc(=O)[nH]c3=O)OCCCC(F)(F)C(F)(F)C(F)(F)C(F)(F)C(F)(F)C(F)(F)F)c3ccc(=[N+](CC)CC)cc-3oc2c1. The molecular weight excluding hydrogens is 1260 g/mol. The number of nitrogens with zero attached hydrogens (tertiary/aromatic N) is 2. The molecule has 12 nitrogen and oxygen atoms in total. The van der Waals surface area contributed by atoms with Gasteiger partial charge in [0.25, 0.3) is 5.56 Å². The molecule has 5 unspecified atom stereocenters. The number of benzene rings is 3. The number of hydrogen-bond acceptors (Lipinski definition) is 10. The highest BCUT2D eigenvalue weighted by atomic mass is 32.2. The second-order valence-corrected chi connectivity index (χ2v) is 24.5. The third-order valence-corrected chi connectivity index (χ3v) is 18.2. The fourth-order valence-corrected chi connectivity index (χ4v) is 12.7. The normalized spacial score (nSPS) is 17.4. The fraction of sp³-hybridized carbons (Fsp3) is 0.636. The Morgan fingerprint density at radius 2 is 1.27 bits per heavy atom. The molecule has 1 saturated heterocycles. The maximum atomic E-state index is 14.8. The molecule has 92 heavy (non-hydrogen) atoms. The summed E-state index contributed by atoms with van der Waals surface area (Å²) in [5, 5.41) is 21.5. The number of H-pyrrole nitrogens is 1. The standard InChI is InChI=1S/C66H84F13N3O9S/c1-5-43(6-2)44-30-32-49-51(39-44)90-52-40-45(81(7-3)8-4)31-33-50(52)55(49)47-28-23-24-29-48(47)59(86)92-42-46(88-38-26-35-61(67,68)62(69,70)63(71,72)64(73,74)65(75,76)66(77,78)79)27-22-20-18-16-14-12-10-9-11-13-15-17-19-21-25-37-89-57-56(85)53(41-83)91-58(57)82-36-34-54(84)80-60(82)87/h23-24,28-34,36,39-40,43,46,53,56-58,83,85H,5-22,25-27,35,37-38,41-42H2,1-4H3/p+1. The van der Waals surface area contributed by atoms with E-state index in [4.69, 9.17) is 18.6 Å². The summed E-state index contributed by atoms with van der Waals surface area (Å²) in [5.41, 5.74) is 2.64. The monoisotopic (exact) mass is 1340 g/mol. The van der Waals surface area contributed by atoms with Crippen LogP contribution in [-0.2, 0) is 14.2 Å². The van der Waals surface area contributed by atoms with Gasteiger partial charge in [0, 0.05) is 65.8 Å². The van der Waals surface area contributed by atoms with Crippen molar-refractivity contribution in [3.63, 3.8) is 0 Å². The van der Waals surface area contributed by atoms with Crippen molar-refractivity contribution >= 4 is 27.8 Å². The van der Waals surface area contributed by atoms with Crippen molar-refractivity contribution in [1.82, 2.24) is 14.1 Å². The number of aromatic nitrogens is 2. The number of aliphatic hydroxyl groups is 2. The minimum absolute atomic E-state index is 0.133. The Hall–Kier alpha value is -5.28. The number of carbonyl (C=O) groups excluding carboxylic acids is 1. The van der Waals surface area contributed by atoms with E-state index < -0.39 is 109 Å². The van der Waals surface area contributed by atoms with E-state index in [0.29, 0.717) is 48.3 Å². The first-order chi connectivity index (χ1) is 43.5. The van der Waals surface area contributed by atoms with Crippen LogP contribution in [0.1, 0.15) is 184 Å². The Morgan fingerprint density at radius 3 is 1.85 bits per heavy atom. The summed E-state index contributed by atoms with van der Waals surface area (Å²) in [6, 6.07) is 19.9. The van der Waals surface area contributed by atoms with E-state index in [2.05, 4.69) is 23.4 Å². The number of ether oxygens (including phenoxy) is 3. The van der Waals surface area contributed by atoms with Crippen LogP contribution in [-0.4, -0.2) is 124 Å². The molecule has 3 N–H and O–H groups in total. The van der Waals surface area contributed by atoms with Crippen molar-refractivity contribution in [2.45, 2.75) is 228 Å². The molecule has 26 heteroatoms. The molecule has 2 aromatic carbocycles. The van der Waals surface area contributed by atoms with Gasteiger partial charge in [-0.15, -0.1) is 0 Å². The van der Waals surface area contributed by atoms with Gasteiger partial charge in [0.2, 0.25) is 10.5 Å². The van der Waals surface area contributed by atoms with Crippen molar-refractivity contribution in [3.8, 4) is 22.5 Å². The van der Waals surface area contributed by atoms with Gasteiger partial charge in [0.15, 0.2) is 6.23 Å². The Balaban J connectivity index is 1.02. The molecule has 0 saturated carbocycles. The quantitative estimate of drug-likeness (QED) is 0.0150. The first-order valence-corrected chi connectivity index (χ1v) is 32.8.